The molecule has 35 heavy (non-hydrogen) atoms. The first kappa shape index (κ1) is 24.8. The molecule has 9 heteroatoms. The van der Waals surface area contributed by atoms with Gasteiger partial charge in [0.15, 0.2) is 0 Å². The second-order valence-electron chi connectivity index (χ2n) is 8.85. The lowest BCUT2D eigenvalue weighted by atomic mass is 9.95. The highest BCUT2D eigenvalue weighted by Gasteiger charge is 2.54. The van der Waals surface area contributed by atoms with Crippen LogP contribution in [0.1, 0.15) is 39.1 Å². The maximum absolute atomic E-state index is 13.8. The largest absolute Gasteiger partial charge is 0.383 e. The molecule has 2 aliphatic rings. The molecular weight excluding hydrogens is 453 g/mol. The molecule has 2 aromatic carbocycles. The summed E-state index contributed by atoms with van der Waals surface area (Å²) in [6.07, 6.45) is 0.721. The van der Waals surface area contributed by atoms with Crippen LogP contribution in [0, 0.1) is 12.7 Å². The number of rotatable bonds is 6. The Balaban J connectivity index is 1.56. The van der Waals surface area contributed by atoms with Crippen molar-refractivity contribution >= 4 is 17.7 Å². The van der Waals surface area contributed by atoms with E-state index in [2.05, 4.69) is 5.32 Å². The molecular formula is C26H30FN3O5. The number of carbonyl (C=O) groups excluding carboxylic acids is 3. The molecule has 4 rings (SSSR count). The molecule has 1 N–H and O–H groups in total. The summed E-state index contributed by atoms with van der Waals surface area (Å²) in [4.78, 5) is 43.0. The van der Waals surface area contributed by atoms with Crippen molar-refractivity contribution < 1.29 is 28.2 Å². The van der Waals surface area contributed by atoms with Crippen LogP contribution in [0.2, 0.25) is 0 Å². The van der Waals surface area contributed by atoms with Gasteiger partial charge in [0.05, 0.1) is 13.2 Å². The molecule has 1 atom stereocenters. The number of hydrogen-bond acceptors (Lipinski definition) is 5. The van der Waals surface area contributed by atoms with Gasteiger partial charge in [-0.15, -0.1) is 0 Å². The Morgan fingerprint density at radius 2 is 1.77 bits per heavy atom. The van der Waals surface area contributed by atoms with Gasteiger partial charge in [-0.05, 0) is 42.8 Å². The molecule has 0 bridgehead atoms. The van der Waals surface area contributed by atoms with Gasteiger partial charge in [0, 0.05) is 50.7 Å². The molecule has 2 saturated heterocycles. The Labute approximate surface area is 204 Å². The van der Waals surface area contributed by atoms with Gasteiger partial charge in [0.2, 0.25) is 5.91 Å². The zero-order valence-electron chi connectivity index (χ0n) is 20.0. The van der Waals surface area contributed by atoms with Gasteiger partial charge in [0.1, 0.15) is 17.6 Å². The molecule has 2 aromatic rings. The van der Waals surface area contributed by atoms with Crippen molar-refractivity contribution in [2.24, 2.45) is 0 Å². The number of halogens is 1. The quantitative estimate of drug-likeness (QED) is 0.638. The second-order valence-corrected chi connectivity index (χ2v) is 8.85. The molecule has 2 heterocycles. The third kappa shape index (κ3) is 5.06. The van der Waals surface area contributed by atoms with Crippen molar-refractivity contribution in [1.82, 2.24) is 15.1 Å². The standard InChI is InChI=1S/C26H30FN3O5/c1-18-5-3-4-6-21(18)25(33)30-22(23(31)28-13-16-34-2)17-35-26(30)11-14-29(15-12-26)24(32)19-7-9-20(27)10-8-19/h3-10,22H,11-17H2,1-2H3,(H,28,31). The van der Waals surface area contributed by atoms with E-state index in [0.717, 1.165) is 5.56 Å². The number of likely N-dealkylation sites (tertiary alicyclic amines) is 1. The summed E-state index contributed by atoms with van der Waals surface area (Å²) in [5, 5.41) is 2.82. The predicted molar refractivity (Wildman–Crippen MR) is 126 cm³/mol. The number of benzene rings is 2. The van der Waals surface area contributed by atoms with E-state index in [1.54, 1.807) is 29.0 Å². The molecule has 0 radical (unpaired) electrons. The van der Waals surface area contributed by atoms with Gasteiger partial charge in [-0.3, -0.25) is 19.3 Å². The first-order valence-electron chi connectivity index (χ1n) is 11.7. The summed E-state index contributed by atoms with van der Waals surface area (Å²) >= 11 is 0. The molecule has 0 aromatic heterocycles. The summed E-state index contributed by atoms with van der Waals surface area (Å²) in [6, 6.07) is 11.9. The third-order valence-corrected chi connectivity index (χ3v) is 6.69. The Hall–Kier alpha value is -3.30. The van der Waals surface area contributed by atoms with Crippen molar-refractivity contribution in [2.45, 2.75) is 31.5 Å². The lowest BCUT2D eigenvalue weighted by Crippen LogP contribution is -2.60. The average Bonchev–Trinajstić information content (AvgIpc) is 3.23. The normalized spacial score (nSPS) is 19.1. The first-order valence-corrected chi connectivity index (χ1v) is 11.7. The number of hydrogen-bond donors (Lipinski definition) is 1. The molecule has 2 aliphatic heterocycles. The number of piperidine rings is 1. The first-order chi connectivity index (χ1) is 16.9. The Bertz CT molecular complexity index is 1080. The highest BCUT2D eigenvalue weighted by molar-refractivity contribution is 5.99. The molecule has 1 unspecified atom stereocenters. The molecule has 3 amide bonds. The van der Waals surface area contributed by atoms with Gasteiger partial charge in [0.25, 0.3) is 11.8 Å². The number of nitrogens with zero attached hydrogens (tertiary/aromatic N) is 2. The van der Waals surface area contributed by atoms with E-state index in [9.17, 15) is 18.8 Å². The van der Waals surface area contributed by atoms with Crippen LogP contribution in [0.15, 0.2) is 48.5 Å². The predicted octanol–water partition coefficient (Wildman–Crippen LogP) is 2.37. The van der Waals surface area contributed by atoms with Crippen LogP contribution >= 0.6 is 0 Å². The zero-order chi connectivity index (χ0) is 25.0. The fraction of sp³-hybridized carbons (Fsp3) is 0.423. The van der Waals surface area contributed by atoms with E-state index in [1.807, 2.05) is 19.1 Å². The van der Waals surface area contributed by atoms with E-state index in [4.69, 9.17) is 9.47 Å². The number of nitrogens with one attached hydrogen (secondary N) is 1. The number of aryl methyl sites for hydroxylation is 1. The summed E-state index contributed by atoms with van der Waals surface area (Å²) in [7, 11) is 1.55. The van der Waals surface area contributed by atoms with Gasteiger partial charge in [-0.2, -0.15) is 0 Å². The summed E-state index contributed by atoms with van der Waals surface area (Å²) in [5.74, 6) is -1.18. The fourth-order valence-electron chi connectivity index (χ4n) is 4.74. The van der Waals surface area contributed by atoms with Crippen LogP contribution in [-0.4, -0.2) is 79.2 Å². The van der Waals surface area contributed by atoms with E-state index in [-0.39, 0.29) is 24.3 Å². The number of amides is 3. The SMILES string of the molecule is COCCNC(=O)C1COC2(CCN(C(=O)c3ccc(F)cc3)CC2)N1C(=O)c1ccccc1C. The van der Waals surface area contributed by atoms with Crippen molar-refractivity contribution in [3.05, 3.63) is 71.0 Å². The lowest BCUT2D eigenvalue weighted by molar-refractivity contribution is -0.128. The van der Waals surface area contributed by atoms with Crippen LogP contribution in [-0.2, 0) is 14.3 Å². The molecule has 0 aliphatic carbocycles. The minimum atomic E-state index is -0.998. The number of carbonyl (C=O) groups is 3. The number of ether oxygens (including phenoxy) is 2. The zero-order valence-corrected chi connectivity index (χ0v) is 20.0. The Morgan fingerprint density at radius 1 is 1.09 bits per heavy atom. The van der Waals surface area contributed by atoms with Crippen molar-refractivity contribution in [3.63, 3.8) is 0 Å². The van der Waals surface area contributed by atoms with E-state index >= 15 is 0 Å². The lowest BCUT2D eigenvalue weighted by Gasteiger charge is -2.44. The third-order valence-electron chi connectivity index (χ3n) is 6.69. The summed E-state index contributed by atoms with van der Waals surface area (Å²) in [6.45, 7) is 3.29. The second kappa shape index (κ2) is 10.5. The minimum Gasteiger partial charge on any atom is -0.383 e. The smallest absolute Gasteiger partial charge is 0.257 e. The molecule has 0 saturated carbocycles. The minimum absolute atomic E-state index is 0.0718. The van der Waals surface area contributed by atoms with Crippen LogP contribution in [0.3, 0.4) is 0 Å². The van der Waals surface area contributed by atoms with Gasteiger partial charge in [-0.1, -0.05) is 18.2 Å². The summed E-state index contributed by atoms with van der Waals surface area (Å²) < 4.78 is 24.5. The molecule has 8 nitrogen and oxygen atoms in total. The van der Waals surface area contributed by atoms with Gasteiger partial charge >= 0.3 is 0 Å². The Kier molecular flexibility index (Phi) is 7.47. The molecule has 186 valence electrons. The molecule has 2 fully saturated rings. The van der Waals surface area contributed by atoms with Crippen LogP contribution in [0.5, 0.6) is 0 Å². The van der Waals surface area contributed by atoms with E-state index < -0.39 is 17.6 Å². The van der Waals surface area contributed by atoms with Crippen LogP contribution in [0.4, 0.5) is 4.39 Å². The molecule has 1 spiro atoms. The Morgan fingerprint density at radius 3 is 2.43 bits per heavy atom. The maximum atomic E-state index is 13.8. The van der Waals surface area contributed by atoms with Crippen LogP contribution in [0.25, 0.3) is 0 Å². The van der Waals surface area contributed by atoms with Crippen LogP contribution < -0.4 is 5.32 Å². The van der Waals surface area contributed by atoms with Crippen molar-refractivity contribution in [3.8, 4) is 0 Å². The van der Waals surface area contributed by atoms with Gasteiger partial charge < -0.3 is 19.7 Å². The maximum Gasteiger partial charge on any atom is 0.257 e. The van der Waals surface area contributed by atoms with Gasteiger partial charge in [-0.25, -0.2) is 4.39 Å². The van der Waals surface area contributed by atoms with E-state index in [0.29, 0.717) is 50.2 Å². The topological polar surface area (TPSA) is 88.2 Å². The van der Waals surface area contributed by atoms with Crippen molar-refractivity contribution in [2.75, 3.05) is 40.0 Å². The fourth-order valence-corrected chi connectivity index (χ4v) is 4.74. The highest BCUT2D eigenvalue weighted by atomic mass is 19.1. The van der Waals surface area contributed by atoms with E-state index in [1.165, 1.54) is 24.3 Å². The average molecular weight is 484 g/mol. The monoisotopic (exact) mass is 483 g/mol. The summed E-state index contributed by atoms with van der Waals surface area (Å²) in [5.41, 5.74) is 0.721. The number of methoxy groups -OCH3 is 1. The van der Waals surface area contributed by atoms with Crippen molar-refractivity contribution in [1.29, 1.82) is 0 Å². The highest BCUT2D eigenvalue weighted by Crippen LogP contribution is 2.39.